The van der Waals surface area contributed by atoms with E-state index < -0.39 is 5.60 Å². The van der Waals surface area contributed by atoms with Crippen LogP contribution in [0, 0.1) is 5.41 Å². The first-order valence-corrected chi connectivity index (χ1v) is 3.57. The van der Waals surface area contributed by atoms with Crippen LogP contribution in [0.5, 0.6) is 0 Å². The van der Waals surface area contributed by atoms with Gasteiger partial charge in [-0.05, 0) is 19.3 Å². The Hall–Kier alpha value is 0.0899. The van der Waals surface area contributed by atoms with Gasteiger partial charge in [0, 0.05) is 7.74 Å². The van der Waals surface area contributed by atoms with E-state index in [9.17, 15) is 5.11 Å². The van der Waals surface area contributed by atoms with Gasteiger partial charge in [-0.2, -0.15) is 0 Å². The molecule has 0 amide bonds. The van der Waals surface area contributed by atoms with Crippen molar-refractivity contribution in [1.29, 1.82) is 0 Å². The van der Waals surface area contributed by atoms with Crippen LogP contribution >= 0.6 is 0 Å². The molecule has 3 heteroatoms. The minimum atomic E-state index is -0.664. The highest BCUT2D eigenvalue weighted by Gasteiger charge is 2.33. The zero-order valence-corrected chi connectivity index (χ0v) is 7.31. The summed E-state index contributed by atoms with van der Waals surface area (Å²) >= 11 is 0. The van der Waals surface area contributed by atoms with E-state index >= 15 is 0 Å². The first kappa shape index (κ1) is 10.1. The lowest BCUT2D eigenvalue weighted by molar-refractivity contribution is -0.0235. The van der Waals surface area contributed by atoms with Gasteiger partial charge in [0.1, 0.15) is 0 Å². The van der Waals surface area contributed by atoms with Crippen molar-refractivity contribution in [3.63, 3.8) is 0 Å². The number of aliphatic hydroxyl groups is 1. The average Bonchev–Trinajstić information content (AvgIpc) is 1.61. The molecule has 0 spiro atoms. The van der Waals surface area contributed by atoms with Crippen molar-refractivity contribution in [2.75, 3.05) is 0 Å². The molecule has 0 aromatic heterocycles. The molecule has 0 heterocycles. The molecule has 0 bridgehead atoms. The summed E-state index contributed by atoms with van der Waals surface area (Å²) in [5, 5.41) is 9.60. The van der Waals surface area contributed by atoms with Gasteiger partial charge in [0.05, 0.1) is 12.8 Å². The van der Waals surface area contributed by atoms with Crippen LogP contribution in [0.2, 0.25) is 6.32 Å². The fourth-order valence-corrected chi connectivity index (χ4v) is 0.544. The van der Waals surface area contributed by atoms with Gasteiger partial charge in [-0.25, -0.2) is 0 Å². The first-order valence-electron chi connectivity index (χ1n) is 3.57. The molecule has 0 aliphatic carbocycles. The highest BCUT2D eigenvalue weighted by atomic mass is 16.3. The van der Waals surface area contributed by atoms with Crippen LogP contribution in [0.4, 0.5) is 0 Å². The summed E-state index contributed by atoms with van der Waals surface area (Å²) in [6.07, 6.45) is 0.733. The molecule has 0 saturated heterocycles. The number of hydrogen-bond donors (Lipinski definition) is 1. The van der Waals surface area contributed by atoms with Crippen LogP contribution < -0.4 is 0 Å². The third-order valence-corrected chi connectivity index (χ3v) is 2.28. The molecule has 1 nitrogen and oxygen atoms in total. The molecule has 0 unspecified atom stereocenters. The lowest BCUT2D eigenvalue weighted by atomic mass is 9.47. The van der Waals surface area contributed by atoms with E-state index in [-0.39, 0.29) is 5.41 Å². The zero-order chi connectivity index (χ0) is 8.41. The second-order valence-corrected chi connectivity index (χ2v) is 3.88. The predicted molar refractivity (Wildman–Crippen MR) is 46.4 cm³/mol. The molecule has 1 N–H and O–H groups in total. The zero-order valence-electron chi connectivity index (χ0n) is 7.31. The lowest BCUT2D eigenvalue weighted by Gasteiger charge is -2.37. The van der Waals surface area contributed by atoms with Crippen molar-refractivity contribution in [1.82, 2.24) is 0 Å². The molecule has 10 heavy (non-hydrogen) atoms. The molecular weight excluding hydrogens is 122 g/mol. The Balaban J connectivity index is 4.10. The summed E-state index contributed by atoms with van der Waals surface area (Å²) in [6, 6.07) is 0. The quantitative estimate of drug-likeness (QED) is 0.574. The van der Waals surface area contributed by atoms with Gasteiger partial charge in [0.25, 0.3) is 0 Å². The molecule has 55 valence electrons. The first-order chi connectivity index (χ1) is 4.31. The summed E-state index contributed by atoms with van der Waals surface area (Å²) in [4.78, 5) is 0. The molecule has 0 aliphatic heterocycles. The van der Waals surface area contributed by atoms with Crippen molar-refractivity contribution in [3.8, 4) is 0 Å². The van der Waals surface area contributed by atoms with E-state index in [1.807, 2.05) is 13.8 Å². The Morgan fingerprint density at radius 3 is 1.80 bits per heavy atom. The maximum Gasteiger partial charge on any atom is 0.0635 e. The van der Waals surface area contributed by atoms with Crippen LogP contribution in [0.25, 0.3) is 0 Å². The van der Waals surface area contributed by atoms with Gasteiger partial charge < -0.3 is 5.11 Å². The summed E-state index contributed by atoms with van der Waals surface area (Å²) in [5.41, 5.74) is -0.801. The maximum atomic E-state index is 9.60. The Labute approximate surface area is 65.8 Å². The van der Waals surface area contributed by atoms with Gasteiger partial charge >= 0.3 is 0 Å². The minimum absolute atomic E-state index is 0.137. The van der Waals surface area contributed by atoms with E-state index in [2.05, 4.69) is 0 Å². The van der Waals surface area contributed by atoms with Gasteiger partial charge in [-0.3, -0.25) is 0 Å². The Morgan fingerprint density at radius 1 is 1.30 bits per heavy atom. The molecule has 0 saturated carbocycles. The second kappa shape index (κ2) is 3.00. The van der Waals surface area contributed by atoms with Crippen LogP contribution in [-0.2, 0) is 0 Å². The maximum absolute atomic E-state index is 9.60. The lowest BCUT2D eigenvalue weighted by Crippen LogP contribution is -2.39. The van der Waals surface area contributed by atoms with Gasteiger partial charge in [0.15, 0.2) is 0 Å². The van der Waals surface area contributed by atoms with Crippen molar-refractivity contribution < 1.29 is 5.11 Å². The highest BCUT2D eigenvalue weighted by molar-refractivity contribution is 6.89. The third-order valence-electron chi connectivity index (χ3n) is 2.28. The summed E-state index contributed by atoms with van der Waals surface area (Å²) in [5.74, 6) is 0. The average molecular weight is 137 g/mol. The van der Waals surface area contributed by atoms with E-state index in [0.29, 0.717) is 0 Å². The SMILES string of the molecule is [B][B]CC(C)(C)C(C)(C)O. The monoisotopic (exact) mass is 137 g/mol. The van der Waals surface area contributed by atoms with E-state index in [1.54, 1.807) is 21.0 Å². The molecule has 0 aromatic rings. The van der Waals surface area contributed by atoms with Crippen molar-refractivity contribution in [3.05, 3.63) is 0 Å². The highest BCUT2D eigenvalue weighted by Crippen LogP contribution is 2.33. The van der Waals surface area contributed by atoms with Crippen molar-refractivity contribution in [2.45, 2.75) is 39.6 Å². The van der Waals surface area contributed by atoms with Gasteiger partial charge in [-0.1, -0.05) is 20.2 Å². The topological polar surface area (TPSA) is 20.2 Å². The summed E-state index contributed by atoms with van der Waals surface area (Å²) in [7, 11) is 6.87. The fraction of sp³-hybridized carbons (Fsp3) is 1.00. The van der Waals surface area contributed by atoms with Gasteiger partial charge in [-0.15, -0.1) is 0 Å². The largest absolute Gasteiger partial charge is 0.390 e. The normalized spacial score (nSPS) is 13.3. The standard InChI is InChI=1S/C7H15B2O/c1-6(2,5-9-8)7(3,4)10/h10H,5H2,1-4H3. The van der Waals surface area contributed by atoms with Crippen molar-refractivity contribution in [2.24, 2.45) is 5.41 Å². The van der Waals surface area contributed by atoms with Crippen LogP contribution in [0.3, 0.4) is 0 Å². The molecular formula is C7H15B2O. The second-order valence-electron chi connectivity index (χ2n) is 3.88. The van der Waals surface area contributed by atoms with Crippen LogP contribution in [0.15, 0.2) is 0 Å². The van der Waals surface area contributed by atoms with Crippen molar-refractivity contribution >= 4 is 14.9 Å². The summed E-state index contributed by atoms with van der Waals surface area (Å²) < 4.78 is 0. The van der Waals surface area contributed by atoms with Crippen LogP contribution in [0.1, 0.15) is 27.7 Å². The predicted octanol–water partition coefficient (Wildman–Crippen LogP) is 0.989. The molecule has 0 rings (SSSR count). The third kappa shape index (κ3) is 2.37. The van der Waals surface area contributed by atoms with E-state index in [0.717, 1.165) is 6.32 Å². The van der Waals surface area contributed by atoms with Crippen LogP contribution in [-0.4, -0.2) is 25.6 Å². The number of hydrogen-bond acceptors (Lipinski definition) is 1. The Kier molecular flexibility index (Phi) is 3.02. The van der Waals surface area contributed by atoms with E-state index in [1.165, 1.54) is 0 Å². The molecule has 0 fully saturated rings. The smallest absolute Gasteiger partial charge is 0.0635 e. The Bertz CT molecular complexity index is 105. The molecule has 0 aliphatic rings. The molecule has 0 aromatic carbocycles. The van der Waals surface area contributed by atoms with E-state index in [4.69, 9.17) is 7.74 Å². The summed E-state index contributed by atoms with van der Waals surface area (Å²) in [6.45, 7) is 7.60. The number of rotatable bonds is 3. The van der Waals surface area contributed by atoms with Gasteiger partial charge in [0.2, 0.25) is 0 Å². The minimum Gasteiger partial charge on any atom is -0.390 e. The Morgan fingerprint density at radius 2 is 1.70 bits per heavy atom. The molecule has 0 atom stereocenters. The fourth-order valence-electron chi connectivity index (χ4n) is 0.544. The molecule has 3 radical (unpaired) electrons.